The largest absolute Gasteiger partial charge is 0.465 e. The number of methoxy groups -OCH3 is 1. The maximum Gasteiger partial charge on any atom is 0.337 e. The summed E-state index contributed by atoms with van der Waals surface area (Å²) in [6, 6.07) is 20.5. The number of rotatable bonds is 4. The van der Waals surface area contributed by atoms with Gasteiger partial charge in [0.2, 0.25) is 11.5 Å². The highest BCUT2D eigenvalue weighted by Crippen LogP contribution is 2.35. The van der Waals surface area contributed by atoms with Gasteiger partial charge >= 0.3 is 5.97 Å². The van der Waals surface area contributed by atoms with Gasteiger partial charge in [0.1, 0.15) is 11.6 Å². The van der Waals surface area contributed by atoms with Crippen molar-refractivity contribution in [3.8, 4) is 0 Å². The smallest absolute Gasteiger partial charge is 0.337 e. The molecule has 0 bridgehead atoms. The zero-order valence-corrected chi connectivity index (χ0v) is 20.5. The van der Waals surface area contributed by atoms with E-state index in [0.29, 0.717) is 33.0 Å². The third-order valence-corrected chi connectivity index (χ3v) is 6.08. The van der Waals surface area contributed by atoms with Crippen molar-refractivity contribution in [2.45, 2.75) is 32.4 Å². The average Bonchev–Trinajstić information content (AvgIpc) is 3.25. The molecule has 5 aromatic rings. The van der Waals surface area contributed by atoms with E-state index in [2.05, 4.69) is 5.32 Å². The fourth-order valence-corrected chi connectivity index (χ4v) is 4.62. The van der Waals surface area contributed by atoms with Gasteiger partial charge < -0.3 is 14.5 Å². The number of esters is 1. The Labute approximate surface area is 207 Å². The molecule has 3 aromatic carbocycles. The third-order valence-electron chi connectivity index (χ3n) is 6.08. The standard InChI is InChI=1S/C29H26N2O5/c1-29(2,3)30-26(32)24(17-10-6-5-7-11-17)31-21-15-14-18(28(34)35-4)16-20(21)23-19-12-8-9-13-22(19)36-25(23)27(31)33/h5-16,24H,1-4H3,(H,30,32). The highest BCUT2D eigenvalue weighted by Gasteiger charge is 2.30. The molecule has 1 unspecified atom stereocenters. The number of para-hydroxylation sites is 1. The molecule has 5 rings (SSSR count). The van der Waals surface area contributed by atoms with Crippen LogP contribution in [0.3, 0.4) is 0 Å². The highest BCUT2D eigenvalue weighted by atomic mass is 16.5. The number of fused-ring (bicyclic) bond motifs is 5. The zero-order chi connectivity index (χ0) is 25.6. The van der Waals surface area contributed by atoms with Crippen LogP contribution in [0.5, 0.6) is 0 Å². The number of hydrogen-bond donors (Lipinski definition) is 1. The Balaban J connectivity index is 1.93. The first kappa shape index (κ1) is 23.4. The second-order valence-electron chi connectivity index (χ2n) is 9.75. The number of benzene rings is 3. The van der Waals surface area contributed by atoms with Crippen LogP contribution < -0.4 is 10.9 Å². The van der Waals surface area contributed by atoms with E-state index in [9.17, 15) is 14.4 Å². The zero-order valence-electron chi connectivity index (χ0n) is 20.5. The normalized spacial score (nSPS) is 12.7. The molecule has 1 amide bonds. The van der Waals surface area contributed by atoms with Crippen molar-refractivity contribution < 1.29 is 18.7 Å². The molecule has 2 aromatic heterocycles. The summed E-state index contributed by atoms with van der Waals surface area (Å²) >= 11 is 0. The monoisotopic (exact) mass is 482 g/mol. The quantitative estimate of drug-likeness (QED) is 0.356. The van der Waals surface area contributed by atoms with E-state index in [-0.39, 0.29) is 11.5 Å². The predicted molar refractivity (Wildman–Crippen MR) is 139 cm³/mol. The number of nitrogens with zero attached hydrogens (tertiary/aromatic N) is 1. The van der Waals surface area contributed by atoms with Gasteiger partial charge in [0.15, 0.2) is 0 Å². The van der Waals surface area contributed by atoms with Crippen molar-refractivity contribution in [3.63, 3.8) is 0 Å². The Morgan fingerprint density at radius 3 is 2.33 bits per heavy atom. The van der Waals surface area contributed by atoms with E-state index in [1.165, 1.54) is 11.7 Å². The van der Waals surface area contributed by atoms with Crippen LogP contribution in [-0.2, 0) is 9.53 Å². The minimum atomic E-state index is -0.970. The van der Waals surface area contributed by atoms with E-state index >= 15 is 0 Å². The van der Waals surface area contributed by atoms with E-state index in [0.717, 1.165) is 5.39 Å². The molecule has 36 heavy (non-hydrogen) atoms. The predicted octanol–water partition coefficient (Wildman–Crippen LogP) is 5.19. The maximum absolute atomic E-state index is 14.1. The van der Waals surface area contributed by atoms with Crippen LogP contribution in [0.25, 0.3) is 32.8 Å². The Bertz CT molecular complexity index is 1690. The van der Waals surface area contributed by atoms with Gasteiger partial charge in [-0.1, -0.05) is 48.5 Å². The van der Waals surface area contributed by atoms with Crippen molar-refractivity contribution >= 4 is 44.7 Å². The van der Waals surface area contributed by atoms with Crippen LogP contribution in [0.15, 0.2) is 82.0 Å². The lowest BCUT2D eigenvalue weighted by Crippen LogP contribution is -2.46. The Hall–Kier alpha value is -4.39. The van der Waals surface area contributed by atoms with E-state index in [1.807, 2.05) is 69.3 Å². The van der Waals surface area contributed by atoms with Gasteiger partial charge in [-0.15, -0.1) is 0 Å². The molecule has 7 heteroatoms. The molecule has 0 saturated carbocycles. The van der Waals surface area contributed by atoms with Crippen molar-refractivity contribution in [2.75, 3.05) is 7.11 Å². The molecule has 0 aliphatic heterocycles. The summed E-state index contributed by atoms with van der Waals surface area (Å²) in [6.07, 6.45) is 0. The van der Waals surface area contributed by atoms with E-state index in [4.69, 9.17) is 9.15 Å². The summed E-state index contributed by atoms with van der Waals surface area (Å²) in [5.41, 5.74) is 1.19. The number of pyridine rings is 1. The fraction of sp³-hybridized carbons (Fsp3) is 0.207. The van der Waals surface area contributed by atoms with Crippen molar-refractivity contribution in [1.82, 2.24) is 9.88 Å². The molecule has 0 spiro atoms. The van der Waals surface area contributed by atoms with Crippen LogP contribution in [-0.4, -0.2) is 29.1 Å². The molecule has 182 valence electrons. The Morgan fingerprint density at radius 2 is 1.64 bits per heavy atom. The van der Waals surface area contributed by atoms with Gasteiger partial charge in [0.25, 0.3) is 5.56 Å². The molecule has 0 radical (unpaired) electrons. The first-order valence-corrected chi connectivity index (χ1v) is 11.6. The summed E-state index contributed by atoms with van der Waals surface area (Å²) in [4.78, 5) is 40.2. The molecule has 0 aliphatic rings. The SMILES string of the molecule is COC(=O)c1ccc2c(c1)c1c(oc3ccccc31)c(=O)n2C(C(=O)NC(C)(C)C)c1ccccc1. The maximum atomic E-state index is 14.1. The number of ether oxygens (including phenoxy) is 1. The lowest BCUT2D eigenvalue weighted by atomic mass is 10.00. The van der Waals surface area contributed by atoms with Gasteiger partial charge in [0, 0.05) is 21.7 Å². The molecule has 7 nitrogen and oxygen atoms in total. The molecular weight excluding hydrogens is 456 g/mol. The molecule has 1 N–H and O–H groups in total. The molecular formula is C29H26N2O5. The van der Waals surface area contributed by atoms with Crippen molar-refractivity contribution in [1.29, 1.82) is 0 Å². The van der Waals surface area contributed by atoms with Gasteiger partial charge in [-0.2, -0.15) is 0 Å². The van der Waals surface area contributed by atoms with Crippen molar-refractivity contribution in [2.24, 2.45) is 0 Å². The first-order valence-electron chi connectivity index (χ1n) is 11.6. The summed E-state index contributed by atoms with van der Waals surface area (Å²) in [5, 5.41) is 4.97. The second-order valence-corrected chi connectivity index (χ2v) is 9.75. The van der Waals surface area contributed by atoms with Crippen LogP contribution >= 0.6 is 0 Å². The van der Waals surface area contributed by atoms with E-state index in [1.54, 1.807) is 24.3 Å². The first-order chi connectivity index (χ1) is 17.2. The van der Waals surface area contributed by atoms with Crippen LogP contribution in [0.4, 0.5) is 0 Å². The average molecular weight is 483 g/mol. The summed E-state index contributed by atoms with van der Waals surface area (Å²) in [5.74, 6) is -0.828. The van der Waals surface area contributed by atoms with Crippen LogP contribution in [0, 0.1) is 0 Å². The Kier molecular flexibility index (Phi) is 5.63. The van der Waals surface area contributed by atoms with Crippen LogP contribution in [0.2, 0.25) is 0 Å². The number of nitrogens with one attached hydrogen (secondary N) is 1. The molecule has 0 aliphatic carbocycles. The summed E-state index contributed by atoms with van der Waals surface area (Å²) < 4.78 is 12.4. The third kappa shape index (κ3) is 3.92. The summed E-state index contributed by atoms with van der Waals surface area (Å²) in [6.45, 7) is 5.66. The Morgan fingerprint density at radius 1 is 0.944 bits per heavy atom. The number of carbonyl (C=O) groups is 2. The highest BCUT2D eigenvalue weighted by molar-refractivity contribution is 6.18. The molecule has 1 atom stereocenters. The number of hydrogen-bond acceptors (Lipinski definition) is 5. The molecule has 0 fully saturated rings. The van der Waals surface area contributed by atoms with Gasteiger partial charge in [-0.3, -0.25) is 14.2 Å². The van der Waals surface area contributed by atoms with E-state index < -0.39 is 23.1 Å². The molecule has 2 heterocycles. The molecule has 0 saturated heterocycles. The summed E-state index contributed by atoms with van der Waals surface area (Å²) in [7, 11) is 1.32. The number of aromatic nitrogens is 1. The minimum Gasteiger partial charge on any atom is -0.465 e. The topological polar surface area (TPSA) is 90.5 Å². The van der Waals surface area contributed by atoms with Gasteiger partial charge in [-0.05, 0) is 50.6 Å². The fourth-order valence-electron chi connectivity index (χ4n) is 4.62. The number of furan rings is 1. The number of amides is 1. The lowest BCUT2D eigenvalue weighted by Gasteiger charge is -2.27. The number of carbonyl (C=O) groups excluding carboxylic acids is 2. The van der Waals surface area contributed by atoms with Gasteiger partial charge in [-0.25, -0.2) is 4.79 Å². The minimum absolute atomic E-state index is 0.121. The van der Waals surface area contributed by atoms with Crippen molar-refractivity contribution in [3.05, 3.63) is 94.3 Å². The second kappa shape index (κ2) is 8.68. The lowest BCUT2D eigenvalue weighted by molar-refractivity contribution is -0.124. The van der Waals surface area contributed by atoms with Gasteiger partial charge in [0.05, 0.1) is 18.2 Å². The van der Waals surface area contributed by atoms with Crippen LogP contribution in [0.1, 0.15) is 42.7 Å².